The van der Waals surface area contributed by atoms with Crippen LogP contribution in [0.5, 0.6) is 0 Å². The average molecular weight is 496 g/mol. The third-order valence-electron chi connectivity index (χ3n) is 6.62. The van der Waals surface area contributed by atoms with Crippen LogP contribution in [0.1, 0.15) is 35.1 Å². The van der Waals surface area contributed by atoms with E-state index in [4.69, 9.17) is 11.6 Å². The number of halogens is 1. The highest BCUT2D eigenvalue weighted by atomic mass is 35.5. The molecule has 3 aromatic rings. The lowest BCUT2D eigenvalue weighted by Gasteiger charge is -2.37. The Hall–Kier alpha value is -3.36. The van der Waals surface area contributed by atoms with Crippen LogP contribution >= 0.6 is 11.6 Å². The van der Waals surface area contributed by atoms with E-state index >= 15 is 0 Å². The fourth-order valence-corrected chi connectivity index (χ4v) is 6.13. The van der Waals surface area contributed by atoms with Gasteiger partial charge in [-0.05, 0) is 66.3 Å². The number of nitro groups is 1. The second kappa shape index (κ2) is 8.45. The summed E-state index contributed by atoms with van der Waals surface area (Å²) in [6.45, 7) is 1.77. The van der Waals surface area contributed by atoms with E-state index in [-0.39, 0.29) is 28.5 Å². The topological polar surface area (TPSA) is 101 Å². The van der Waals surface area contributed by atoms with Gasteiger partial charge in [0.25, 0.3) is 15.7 Å². The monoisotopic (exact) mass is 495 g/mol. The summed E-state index contributed by atoms with van der Waals surface area (Å²) >= 11 is 6.15. The molecule has 2 N–H and O–H groups in total. The van der Waals surface area contributed by atoms with Gasteiger partial charge in [-0.2, -0.15) is 0 Å². The Morgan fingerprint density at radius 1 is 1.12 bits per heavy atom. The summed E-state index contributed by atoms with van der Waals surface area (Å²) in [5.41, 5.74) is 3.90. The minimum absolute atomic E-state index is 0.0389. The number of non-ortho nitro benzene ring substituents is 1. The largest absolute Gasteiger partial charge is 0.378 e. The van der Waals surface area contributed by atoms with Gasteiger partial charge in [0.1, 0.15) is 0 Å². The van der Waals surface area contributed by atoms with Crippen LogP contribution in [-0.2, 0) is 10.0 Å². The standard InChI is InChI=1S/C25H22ClN3O4S/c1-15-22(26)6-3-7-23(15)28-34(32,33)18-12-13-24-21(14-18)19-4-2-5-20(19)25(27-24)16-8-10-17(11-9-16)29(30)31/h2-4,6-14,19-20,25,27-28H,5H2,1H3/t19-,20+,25+/m0/s1. The molecule has 1 aliphatic carbocycles. The summed E-state index contributed by atoms with van der Waals surface area (Å²) in [6, 6.07) is 16.8. The maximum absolute atomic E-state index is 13.2. The Morgan fingerprint density at radius 2 is 1.88 bits per heavy atom. The molecule has 174 valence electrons. The Labute approximate surface area is 202 Å². The van der Waals surface area contributed by atoms with Crippen LogP contribution in [0.3, 0.4) is 0 Å². The van der Waals surface area contributed by atoms with Gasteiger partial charge < -0.3 is 5.32 Å². The van der Waals surface area contributed by atoms with Crippen molar-refractivity contribution < 1.29 is 13.3 Å². The minimum Gasteiger partial charge on any atom is -0.378 e. The molecule has 1 heterocycles. The van der Waals surface area contributed by atoms with Gasteiger partial charge in [-0.1, -0.05) is 42.0 Å². The van der Waals surface area contributed by atoms with Crippen molar-refractivity contribution in [1.82, 2.24) is 0 Å². The highest BCUT2D eigenvalue weighted by Crippen LogP contribution is 2.50. The van der Waals surface area contributed by atoms with Crippen molar-refractivity contribution in [2.24, 2.45) is 5.92 Å². The van der Waals surface area contributed by atoms with Crippen molar-refractivity contribution in [3.05, 3.63) is 105 Å². The number of allylic oxidation sites excluding steroid dienone is 2. The van der Waals surface area contributed by atoms with Crippen LogP contribution < -0.4 is 10.0 Å². The number of hydrogen-bond acceptors (Lipinski definition) is 5. The third kappa shape index (κ3) is 3.93. The molecule has 7 nitrogen and oxygen atoms in total. The van der Waals surface area contributed by atoms with Crippen molar-refractivity contribution in [3.63, 3.8) is 0 Å². The molecule has 0 aromatic heterocycles. The summed E-state index contributed by atoms with van der Waals surface area (Å²) in [6.07, 6.45) is 5.06. The molecule has 0 amide bonds. The zero-order valence-corrected chi connectivity index (χ0v) is 19.8. The summed E-state index contributed by atoms with van der Waals surface area (Å²) in [5.74, 6) is 0.217. The number of hydrogen-bond donors (Lipinski definition) is 2. The number of anilines is 2. The van der Waals surface area contributed by atoms with Gasteiger partial charge in [0.2, 0.25) is 0 Å². The maximum Gasteiger partial charge on any atom is 0.269 e. The first-order valence-corrected chi connectivity index (χ1v) is 12.7. The van der Waals surface area contributed by atoms with Crippen LogP contribution in [0.15, 0.2) is 77.7 Å². The highest BCUT2D eigenvalue weighted by Gasteiger charge is 2.38. The van der Waals surface area contributed by atoms with Crippen LogP contribution in [0, 0.1) is 23.0 Å². The second-order valence-corrected chi connectivity index (χ2v) is 10.7. The molecule has 5 rings (SSSR count). The normalized spacial score (nSPS) is 20.8. The number of nitrogens with one attached hydrogen (secondary N) is 2. The van der Waals surface area contributed by atoms with Gasteiger partial charge in [0.15, 0.2) is 0 Å². The van der Waals surface area contributed by atoms with Gasteiger partial charge in [-0.15, -0.1) is 0 Å². The lowest BCUT2D eigenvalue weighted by molar-refractivity contribution is -0.384. The summed E-state index contributed by atoms with van der Waals surface area (Å²) in [5, 5.41) is 15.0. The number of nitro benzene ring substituents is 1. The Bertz CT molecular complexity index is 1420. The van der Waals surface area contributed by atoms with Crippen molar-refractivity contribution in [3.8, 4) is 0 Å². The molecule has 2 aliphatic rings. The van der Waals surface area contributed by atoms with Crippen molar-refractivity contribution in [1.29, 1.82) is 0 Å². The molecule has 0 saturated carbocycles. The zero-order valence-electron chi connectivity index (χ0n) is 18.2. The van der Waals surface area contributed by atoms with E-state index in [9.17, 15) is 18.5 Å². The average Bonchev–Trinajstić information content (AvgIpc) is 3.31. The van der Waals surface area contributed by atoms with Gasteiger partial charge >= 0.3 is 0 Å². The smallest absolute Gasteiger partial charge is 0.269 e. The lowest BCUT2D eigenvalue weighted by atomic mass is 9.77. The van der Waals surface area contributed by atoms with E-state index < -0.39 is 14.9 Å². The molecule has 1 aliphatic heterocycles. The summed E-state index contributed by atoms with van der Waals surface area (Å²) in [7, 11) is -3.82. The molecule has 0 fully saturated rings. The van der Waals surface area contributed by atoms with E-state index in [2.05, 4.69) is 22.2 Å². The Morgan fingerprint density at radius 3 is 2.62 bits per heavy atom. The van der Waals surface area contributed by atoms with E-state index in [1.54, 1.807) is 55.5 Å². The van der Waals surface area contributed by atoms with Crippen LogP contribution in [0.25, 0.3) is 0 Å². The number of sulfonamides is 1. The lowest BCUT2D eigenvalue weighted by Crippen LogP contribution is -2.29. The number of nitrogens with zero attached hydrogens (tertiary/aromatic N) is 1. The van der Waals surface area contributed by atoms with E-state index in [0.717, 1.165) is 23.2 Å². The first-order chi connectivity index (χ1) is 16.2. The van der Waals surface area contributed by atoms with E-state index in [1.165, 1.54) is 12.1 Å². The highest BCUT2D eigenvalue weighted by molar-refractivity contribution is 7.92. The predicted octanol–water partition coefficient (Wildman–Crippen LogP) is 6.18. The van der Waals surface area contributed by atoms with Crippen molar-refractivity contribution in [2.45, 2.75) is 30.2 Å². The molecule has 0 saturated heterocycles. The zero-order chi connectivity index (χ0) is 24.0. The van der Waals surface area contributed by atoms with Crippen molar-refractivity contribution in [2.75, 3.05) is 10.0 Å². The first-order valence-electron chi connectivity index (χ1n) is 10.8. The molecule has 3 atom stereocenters. The first kappa shape index (κ1) is 22.4. The van der Waals surface area contributed by atoms with E-state index in [1.807, 2.05) is 0 Å². The van der Waals surface area contributed by atoms with Crippen LogP contribution in [-0.4, -0.2) is 13.3 Å². The summed E-state index contributed by atoms with van der Waals surface area (Å²) in [4.78, 5) is 10.8. The molecule has 0 radical (unpaired) electrons. The molecular formula is C25H22ClN3O4S. The predicted molar refractivity (Wildman–Crippen MR) is 133 cm³/mol. The summed E-state index contributed by atoms with van der Waals surface area (Å²) < 4.78 is 29.0. The van der Waals surface area contributed by atoms with Crippen LogP contribution in [0.2, 0.25) is 5.02 Å². The molecule has 0 bridgehead atoms. The molecule has 0 spiro atoms. The Balaban J connectivity index is 1.47. The van der Waals surface area contributed by atoms with Gasteiger partial charge in [0, 0.05) is 28.8 Å². The van der Waals surface area contributed by atoms with Crippen LogP contribution in [0.4, 0.5) is 17.1 Å². The van der Waals surface area contributed by atoms with Gasteiger partial charge in [-0.25, -0.2) is 8.42 Å². The number of benzene rings is 3. The molecule has 34 heavy (non-hydrogen) atoms. The number of fused-ring (bicyclic) bond motifs is 3. The minimum atomic E-state index is -3.82. The molecule has 0 unspecified atom stereocenters. The quantitative estimate of drug-likeness (QED) is 0.250. The number of rotatable bonds is 5. The molecule has 9 heteroatoms. The van der Waals surface area contributed by atoms with Crippen molar-refractivity contribution >= 4 is 38.7 Å². The SMILES string of the molecule is Cc1c(Cl)cccc1NS(=O)(=O)c1ccc2c(c1)[C@H]1C=CC[C@H]1[C@@H](c1ccc([N+](=O)[O-])cc1)N2. The fourth-order valence-electron chi connectivity index (χ4n) is 4.79. The maximum atomic E-state index is 13.2. The third-order valence-corrected chi connectivity index (χ3v) is 8.39. The van der Waals surface area contributed by atoms with Gasteiger partial charge in [-0.3, -0.25) is 14.8 Å². The second-order valence-electron chi connectivity index (χ2n) is 8.59. The Kier molecular flexibility index (Phi) is 5.58. The molecule has 3 aromatic carbocycles. The fraction of sp³-hybridized carbons (Fsp3) is 0.200. The van der Waals surface area contributed by atoms with E-state index in [0.29, 0.717) is 16.3 Å². The molecular weight excluding hydrogens is 474 g/mol. The van der Waals surface area contributed by atoms with Gasteiger partial charge in [0.05, 0.1) is 21.5 Å².